The summed E-state index contributed by atoms with van der Waals surface area (Å²) in [6.07, 6.45) is 1.92. The molecule has 0 bridgehead atoms. The molecule has 8 nitrogen and oxygen atoms in total. The quantitative estimate of drug-likeness (QED) is 0.834. The Bertz CT molecular complexity index is 900. The van der Waals surface area contributed by atoms with E-state index in [0.717, 1.165) is 0 Å². The molecule has 0 saturated carbocycles. The van der Waals surface area contributed by atoms with E-state index in [1.165, 1.54) is 4.90 Å². The minimum Gasteiger partial charge on any atom is -0.481 e. The lowest BCUT2D eigenvalue weighted by atomic mass is 9.90. The van der Waals surface area contributed by atoms with Gasteiger partial charge in [0.15, 0.2) is 0 Å². The number of piperidine rings is 1. The SMILES string of the molecule is C[C@@H]1[C@H](C(=O)O)CCCN1C(=O)CN1C(=O)c2ccccc2N2C(=O)CCC12C. The Kier molecular flexibility index (Phi) is 4.59. The van der Waals surface area contributed by atoms with Crippen molar-refractivity contribution in [3.8, 4) is 0 Å². The van der Waals surface area contributed by atoms with E-state index in [-0.39, 0.29) is 24.3 Å². The first-order valence-electron chi connectivity index (χ1n) is 10.0. The Morgan fingerprint density at radius 3 is 2.69 bits per heavy atom. The van der Waals surface area contributed by atoms with E-state index in [1.54, 1.807) is 41.0 Å². The summed E-state index contributed by atoms with van der Waals surface area (Å²) >= 11 is 0. The third-order valence-electron chi connectivity index (χ3n) is 6.66. The zero-order valence-corrected chi connectivity index (χ0v) is 16.6. The van der Waals surface area contributed by atoms with E-state index in [1.807, 2.05) is 6.92 Å². The van der Waals surface area contributed by atoms with Crippen LogP contribution in [0.3, 0.4) is 0 Å². The molecule has 1 N–H and O–H groups in total. The minimum absolute atomic E-state index is 0.0674. The fourth-order valence-corrected chi connectivity index (χ4v) is 4.99. The van der Waals surface area contributed by atoms with E-state index >= 15 is 0 Å². The van der Waals surface area contributed by atoms with Crippen molar-refractivity contribution < 1.29 is 24.3 Å². The molecule has 154 valence electrons. The summed E-state index contributed by atoms with van der Waals surface area (Å²) in [5.41, 5.74) is 0.0928. The van der Waals surface area contributed by atoms with Crippen molar-refractivity contribution in [2.75, 3.05) is 18.0 Å². The van der Waals surface area contributed by atoms with Gasteiger partial charge in [-0.2, -0.15) is 0 Å². The van der Waals surface area contributed by atoms with Gasteiger partial charge in [0.1, 0.15) is 12.2 Å². The molecule has 0 spiro atoms. The molecule has 4 rings (SSSR count). The van der Waals surface area contributed by atoms with Gasteiger partial charge in [0.25, 0.3) is 5.91 Å². The Balaban J connectivity index is 1.65. The second kappa shape index (κ2) is 6.86. The lowest BCUT2D eigenvalue weighted by Gasteiger charge is -2.49. The number of fused-ring (bicyclic) bond motifs is 3. The summed E-state index contributed by atoms with van der Waals surface area (Å²) in [5, 5.41) is 9.43. The topological polar surface area (TPSA) is 98.2 Å². The summed E-state index contributed by atoms with van der Waals surface area (Å²) in [6, 6.07) is 6.53. The van der Waals surface area contributed by atoms with E-state index in [4.69, 9.17) is 0 Å². The molecule has 0 aliphatic carbocycles. The second-order valence-electron chi connectivity index (χ2n) is 8.27. The van der Waals surface area contributed by atoms with Crippen LogP contribution in [0, 0.1) is 5.92 Å². The summed E-state index contributed by atoms with van der Waals surface area (Å²) in [5.74, 6) is -2.14. The molecule has 2 saturated heterocycles. The Morgan fingerprint density at radius 2 is 1.97 bits per heavy atom. The van der Waals surface area contributed by atoms with E-state index in [2.05, 4.69) is 0 Å². The molecular weight excluding hydrogens is 374 g/mol. The number of likely N-dealkylation sites (tertiary alicyclic amines) is 1. The normalized spacial score (nSPS) is 29.0. The van der Waals surface area contributed by atoms with Crippen LogP contribution in [0.2, 0.25) is 0 Å². The number of carboxylic acid groups (broad SMARTS) is 1. The average molecular weight is 399 g/mol. The lowest BCUT2D eigenvalue weighted by molar-refractivity contribution is -0.149. The highest BCUT2D eigenvalue weighted by Gasteiger charge is 2.53. The number of aliphatic carboxylic acids is 1. The number of carboxylic acids is 1. The molecule has 1 unspecified atom stereocenters. The number of para-hydroxylation sites is 1. The summed E-state index contributed by atoms with van der Waals surface area (Å²) in [6.45, 7) is 3.86. The number of anilines is 1. The minimum atomic E-state index is -0.905. The Morgan fingerprint density at radius 1 is 1.24 bits per heavy atom. The molecule has 8 heteroatoms. The van der Waals surface area contributed by atoms with Gasteiger partial charge >= 0.3 is 5.97 Å². The molecule has 3 aliphatic heterocycles. The van der Waals surface area contributed by atoms with Gasteiger partial charge in [0.05, 0.1) is 17.2 Å². The molecule has 3 aliphatic rings. The van der Waals surface area contributed by atoms with Gasteiger partial charge in [-0.3, -0.25) is 24.1 Å². The number of rotatable bonds is 3. The molecule has 0 aromatic heterocycles. The predicted octanol–water partition coefficient (Wildman–Crippen LogP) is 1.70. The van der Waals surface area contributed by atoms with Gasteiger partial charge in [-0.1, -0.05) is 12.1 Å². The van der Waals surface area contributed by atoms with Crippen molar-refractivity contribution in [1.82, 2.24) is 9.80 Å². The van der Waals surface area contributed by atoms with Gasteiger partial charge in [-0.25, -0.2) is 0 Å². The second-order valence-corrected chi connectivity index (χ2v) is 8.27. The van der Waals surface area contributed by atoms with Gasteiger partial charge in [-0.05, 0) is 45.2 Å². The predicted molar refractivity (Wildman–Crippen MR) is 104 cm³/mol. The van der Waals surface area contributed by atoms with Crippen LogP contribution in [0.1, 0.15) is 49.9 Å². The smallest absolute Gasteiger partial charge is 0.308 e. The summed E-state index contributed by atoms with van der Waals surface area (Å²) in [4.78, 5) is 55.2. The summed E-state index contributed by atoms with van der Waals surface area (Å²) < 4.78 is 0. The largest absolute Gasteiger partial charge is 0.481 e. The zero-order valence-electron chi connectivity index (χ0n) is 16.6. The van der Waals surface area contributed by atoms with Crippen LogP contribution in [-0.4, -0.2) is 63.4 Å². The lowest BCUT2D eigenvalue weighted by Crippen LogP contribution is -2.64. The summed E-state index contributed by atoms with van der Waals surface area (Å²) in [7, 11) is 0. The third-order valence-corrected chi connectivity index (χ3v) is 6.66. The van der Waals surface area contributed by atoms with E-state index in [0.29, 0.717) is 43.5 Å². The monoisotopic (exact) mass is 399 g/mol. The number of carbonyl (C=O) groups is 4. The van der Waals surface area contributed by atoms with Gasteiger partial charge < -0.3 is 14.9 Å². The highest BCUT2D eigenvalue weighted by Crippen LogP contribution is 2.44. The van der Waals surface area contributed by atoms with E-state index in [9.17, 15) is 24.3 Å². The molecular formula is C21H25N3O5. The van der Waals surface area contributed by atoms with Crippen molar-refractivity contribution in [1.29, 1.82) is 0 Å². The maximum Gasteiger partial charge on any atom is 0.308 e. The van der Waals surface area contributed by atoms with Crippen LogP contribution in [0.5, 0.6) is 0 Å². The Hall–Kier alpha value is -2.90. The zero-order chi connectivity index (χ0) is 20.9. The number of nitrogens with zero attached hydrogens (tertiary/aromatic N) is 3. The van der Waals surface area contributed by atoms with Crippen LogP contribution in [0.15, 0.2) is 24.3 Å². The number of hydrogen-bond donors (Lipinski definition) is 1. The van der Waals surface area contributed by atoms with Gasteiger partial charge in [-0.15, -0.1) is 0 Å². The van der Waals surface area contributed by atoms with E-state index < -0.39 is 23.6 Å². The average Bonchev–Trinajstić information content (AvgIpc) is 3.00. The van der Waals surface area contributed by atoms with Crippen LogP contribution in [0.25, 0.3) is 0 Å². The number of benzene rings is 1. The molecule has 0 radical (unpaired) electrons. The molecule has 3 heterocycles. The van der Waals surface area contributed by atoms with Crippen molar-refractivity contribution in [3.05, 3.63) is 29.8 Å². The van der Waals surface area contributed by atoms with Crippen molar-refractivity contribution in [2.45, 2.75) is 51.2 Å². The number of carbonyl (C=O) groups excluding carboxylic acids is 3. The Labute approximate surface area is 169 Å². The standard InChI is InChI=1S/C21H25N3O5/c1-13-14(20(28)29)7-5-11-22(13)18(26)12-23-19(27)15-6-3-4-8-16(15)24-17(25)9-10-21(23,24)2/h3-4,6,8,13-14H,5,7,9-12H2,1-2H3,(H,28,29)/t13-,14-,21?/m1/s1. The van der Waals surface area contributed by atoms with Crippen LogP contribution in [-0.2, 0) is 14.4 Å². The fourth-order valence-electron chi connectivity index (χ4n) is 4.99. The maximum atomic E-state index is 13.3. The molecule has 2 fully saturated rings. The highest BCUT2D eigenvalue weighted by molar-refractivity contribution is 6.11. The molecule has 29 heavy (non-hydrogen) atoms. The van der Waals surface area contributed by atoms with Crippen LogP contribution in [0.4, 0.5) is 5.69 Å². The van der Waals surface area contributed by atoms with Crippen LogP contribution < -0.4 is 4.90 Å². The van der Waals surface area contributed by atoms with Crippen molar-refractivity contribution in [2.24, 2.45) is 5.92 Å². The molecule has 1 aromatic carbocycles. The molecule has 1 aromatic rings. The third kappa shape index (κ3) is 2.89. The first kappa shape index (κ1) is 19.4. The van der Waals surface area contributed by atoms with Crippen molar-refractivity contribution >= 4 is 29.4 Å². The molecule has 3 amide bonds. The number of amides is 3. The fraction of sp³-hybridized carbons (Fsp3) is 0.524. The molecule has 3 atom stereocenters. The first-order chi connectivity index (χ1) is 13.8. The van der Waals surface area contributed by atoms with Crippen LogP contribution >= 0.6 is 0 Å². The van der Waals surface area contributed by atoms with Crippen molar-refractivity contribution in [3.63, 3.8) is 0 Å². The first-order valence-corrected chi connectivity index (χ1v) is 10.0. The van der Waals surface area contributed by atoms with Gasteiger partial charge in [0, 0.05) is 19.0 Å². The highest BCUT2D eigenvalue weighted by atomic mass is 16.4. The maximum absolute atomic E-state index is 13.3. The van der Waals surface area contributed by atoms with Gasteiger partial charge in [0.2, 0.25) is 11.8 Å². The number of hydrogen-bond acceptors (Lipinski definition) is 4.